The van der Waals surface area contributed by atoms with Crippen LogP contribution in [-0.2, 0) is 9.59 Å². The number of nitrogens with zero attached hydrogens (tertiary/aromatic N) is 3. The number of amides is 2. The Labute approximate surface area is 141 Å². The Morgan fingerprint density at radius 2 is 2.12 bits per heavy atom. The quantitative estimate of drug-likeness (QED) is 0.919. The summed E-state index contributed by atoms with van der Waals surface area (Å²) >= 11 is 0. The molecule has 0 atom stereocenters. The fraction of sp³-hybridized carbons (Fsp3) is 0.250. The fourth-order valence-electron chi connectivity index (χ4n) is 2.47. The standard InChI is InChI=1S/C16H14F2N4O3/c1-22-13(23)7-5-11(21-22)15(24)20-10-4-6-12(25-16(17)18)14-9(10)3-2-8-19-14/h2-4,6,8,16H,5,7H2,1H3,(H,20,24). The lowest BCUT2D eigenvalue weighted by Crippen LogP contribution is -2.34. The summed E-state index contributed by atoms with van der Waals surface area (Å²) in [5.41, 5.74) is 0.808. The van der Waals surface area contributed by atoms with E-state index in [9.17, 15) is 18.4 Å². The van der Waals surface area contributed by atoms with Crippen LogP contribution in [0.2, 0.25) is 0 Å². The zero-order chi connectivity index (χ0) is 18.0. The highest BCUT2D eigenvalue weighted by atomic mass is 19.3. The lowest BCUT2D eigenvalue weighted by Gasteiger charge is -2.19. The molecule has 9 heteroatoms. The maximum absolute atomic E-state index is 12.5. The summed E-state index contributed by atoms with van der Waals surface area (Å²) in [7, 11) is 1.48. The third-order valence-corrected chi connectivity index (χ3v) is 3.67. The van der Waals surface area contributed by atoms with Crippen LogP contribution in [0, 0.1) is 0 Å². The maximum Gasteiger partial charge on any atom is 0.387 e. The molecule has 1 N–H and O–H groups in total. The Morgan fingerprint density at radius 3 is 2.84 bits per heavy atom. The van der Waals surface area contributed by atoms with Gasteiger partial charge in [0, 0.05) is 31.5 Å². The first kappa shape index (κ1) is 16.7. The number of benzene rings is 1. The molecular weight excluding hydrogens is 334 g/mol. The van der Waals surface area contributed by atoms with Crippen molar-refractivity contribution in [2.75, 3.05) is 12.4 Å². The Morgan fingerprint density at radius 1 is 1.32 bits per heavy atom. The summed E-state index contributed by atoms with van der Waals surface area (Å²) in [6.07, 6.45) is 1.88. The number of anilines is 1. The number of hydrazone groups is 1. The van der Waals surface area contributed by atoms with Gasteiger partial charge in [-0.15, -0.1) is 0 Å². The van der Waals surface area contributed by atoms with Crippen LogP contribution in [0.15, 0.2) is 35.6 Å². The van der Waals surface area contributed by atoms with Gasteiger partial charge in [0.1, 0.15) is 11.2 Å². The largest absolute Gasteiger partial charge is 0.432 e. The number of aromatic nitrogens is 1. The van der Waals surface area contributed by atoms with Crippen LogP contribution in [0.4, 0.5) is 14.5 Å². The number of hydrogen-bond donors (Lipinski definition) is 1. The van der Waals surface area contributed by atoms with Gasteiger partial charge in [-0.05, 0) is 24.3 Å². The van der Waals surface area contributed by atoms with Crippen LogP contribution >= 0.6 is 0 Å². The lowest BCUT2D eigenvalue weighted by atomic mass is 10.1. The van der Waals surface area contributed by atoms with E-state index in [1.807, 2.05) is 0 Å². The predicted octanol–water partition coefficient (Wildman–Crippen LogP) is 2.38. The summed E-state index contributed by atoms with van der Waals surface area (Å²) in [5.74, 6) is -0.712. The number of hydrogen-bond acceptors (Lipinski definition) is 5. The van der Waals surface area contributed by atoms with E-state index in [4.69, 9.17) is 0 Å². The first-order valence-electron chi connectivity index (χ1n) is 7.43. The number of fused-ring (bicyclic) bond motifs is 1. The molecule has 2 heterocycles. The number of pyridine rings is 1. The van der Waals surface area contributed by atoms with Crippen molar-refractivity contribution in [3.8, 4) is 5.75 Å². The molecule has 0 unspecified atom stereocenters. The highest BCUT2D eigenvalue weighted by Crippen LogP contribution is 2.31. The van der Waals surface area contributed by atoms with Gasteiger partial charge in [0.15, 0.2) is 5.75 Å². The van der Waals surface area contributed by atoms with E-state index in [1.165, 1.54) is 25.4 Å². The molecule has 25 heavy (non-hydrogen) atoms. The normalized spacial score (nSPS) is 14.6. The van der Waals surface area contributed by atoms with Crippen molar-refractivity contribution in [2.24, 2.45) is 5.10 Å². The minimum Gasteiger partial charge on any atom is -0.432 e. The number of ether oxygens (including phenoxy) is 1. The molecule has 1 aliphatic heterocycles. The number of carbonyl (C=O) groups is 2. The van der Waals surface area contributed by atoms with Crippen molar-refractivity contribution in [3.05, 3.63) is 30.5 Å². The topological polar surface area (TPSA) is 83.9 Å². The lowest BCUT2D eigenvalue weighted by molar-refractivity contribution is -0.130. The van der Waals surface area contributed by atoms with Crippen molar-refractivity contribution >= 4 is 34.1 Å². The van der Waals surface area contributed by atoms with Gasteiger partial charge in [0.2, 0.25) is 5.91 Å². The van der Waals surface area contributed by atoms with E-state index in [1.54, 1.807) is 12.1 Å². The van der Waals surface area contributed by atoms with Crippen LogP contribution in [-0.4, -0.2) is 41.2 Å². The predicted molar refractivity (Wildman–Crippen MR) is 86.4 cm³/mol. The van der Waals surface area contributed by atoms with Gasteiger partial charge in [-0.2, -0.15) is 13.9 Å². The highest BCUT2D eigenvalue weighted by molar-refractivity contribution is 6.44. The number of rotatable bonds is 4. The maximum atomic E-state index is 12.5. The molecule has 0 saturated carbocycles. The third-order valence-electron chi connectivity index (χ3n) is 3.67. The molecule has 130 valence electrons. The van der Waals surface area contributed by atoms with Gasteiger partial charge >= 0.3 is 6.61 Å². The molecule has 7 nitrogen and oxygen atoms in total. The summed E-state index contributed by atoms with van der Waals surface area (Å²) in [6, 6.07) is 6.02. The molecule has 0 saturated heterocycles. The Bertz CT molecular complexity index is 870. The van der Waals surface area contributed by atoms with Gasteiger partial charge in [-0.25, -0.2) is 5.01 Å². The van der Waals surface area contributed by atoms with Crippen molar-refractivity contribution < 1.29 is 23.1 Å². The SMILES string of the molecule is CN1N=C(C(=O)Nc2ccc(OC(F)F)c3ncccc23)CCC1=O. The van der Waals surface area contributed by atoms with Gasteiger partial charge in [-0.3, -0.25) is 14.6 Å². The van der Waals surface area contributed by atoms with Crippen LogP contribution in [0.5, 0.6) is 5.75 Å². The first-order chi connectivity index (χ1) is 12.0. The van der Waals surface area contributed by atoms with Crippen LogP contribution in [0.3, 0.4) is 0 Å². The molecule has 1 aliphatic rings. The molecule has 0 bridgehead atoms. The van der Waals surface area contributed by atoms with E-state index in [0.717, 1.165) is 5.01 Å². The third kappa shape index (κ3) is 3.54. The smallest absolute Gasteiger partial charge is 0.387 e. The van der Waals surface area contributed by atoms with Crippen LogP contribution in [0.1, 0.15) is 12.8 Å². The molecule has 2 amide bonds. The van der Waals surface area contributed by atoms with Gasteiger partial charge in [-0.1, -0.05) is 0 Å². The molecule has 0 aliphatic carbocycles. The van der Waals surface area contributed by atoms with Gasteiger partial charge in [0.25, 0.3) is 5.91 Å². The molecule has 2 aromatic rings. The summed E-state index contributed by atoms with van der Waals surface area (Å²) in [6.45, 7) is -2.98. The van der Waals surface area contributed by atoms with Gasteiger partial charge in [0.05, 0.1) is 5.69 Å². The van der Waals surface area contributed by atoms with Crippen LogP contribution in [0.25, 0.3) is 10.9 Å². The highest BCUT2D eigenvalue weighted by Gasteiger charge is 2.22. The van der Waals surface area contributed by atoms with Crippen molar-refractivity contribution in [2.45, 2.75) is 19.5 Å². The molecule has 3 rings (SSSR count). The zero-order valence-corrected chi connectivity index (χ0v) is 13.2. The van der Waals surface area contributed by atoms with Crippen molar-refractivity contribution in [3.63, 3.8) is 0 Å². The molecule has 1 aromatic carbocycles. The van der Waals surface area contributed by atoms with Crippen molar-refractivity contribution in [1.82, 2.24) is 9.99 Å². The molecule has 1 aromatic heterocycles. The summed E-state index contributed by atoms with van der Waals surface area (Å²) in [4.78, 5) is 27.8. The number of carbonyl (C=O) groups excluding carboxylic acids is 2. The summed E-state index contributed by atoms with van der Waals surface area (Å²) in [5, 5.41) is 8.20. The first-order valence-corrected chi connectivity index (χ1v) is 7.43. The molecule has 0 spiro atoms. The van der Waals surface area contributed by atoms with Crippen molar-refractivity contribution in [1.29, 1.82) is 0 Å². The minimum atomic E-state index is -2.98. The van der Waals surface area contributed by atoms with E-state index < -0.39 is 12.5 Å². The fourth-order valence-corrected chi connectivity index (χ4v) is 2.47. The number of nitrogens with one attached hydrogen (secondary N) is 1. The van der Waals surface area contributed by atoms with E-state index in [-0.39, 0.29) is 35.7 Å². The zero-order valence-electron chi connectivity index (χ0n) is 13.2. The second kappa shape index (κ2) is 6.80. The van der Waals surface area contributed by atoms with Gasteiger partial charge < -0.3 is 10.1 Å². The van der Waals surface area contributed by atoms with Crippen LogP contribution < -0.4 is 10.1 Å². The Kier molecular flexibility index (Phi) is 4.55. The van der Waals surface area contributed by atoms with E-state index >= 15 is 0 Å². The second-order valence-corrected chi connectivity index (χ2v) is 5.31. The number of halogens is 2. The monoisotopic (exact) mass is 348 g/mol. The minimum absolute atomic E-state index is 0.0797. The second-order valence-electron chi connectivity index (χ2n) is 5.31. The Balaban J connectivity index is 1.91. The molecule has 0 fully saturated rings. The Hall–Kier alpha value is -3.10. The molecule has 0 radical (unpaired) electrons. The van der Waals surface area contributed by atoms with E-state index in [2.05, 4.69) is 20.1 Å². The summed E-state index contributed by atoms with van der Waals surface area (Å²) < 4.78 is 29.5. The average Bonchev–Trinajstić information content (AvgIpc) is 2.59. The molecular formula is C16H14F2N4O3. The number of alkyl halides is 2. The van der Waals surface area contributed by atoms with E-state index in [0.29, 0.717) is 11.1 Å². The average molecular weight is 348 g/mol.